The molecular formula is C30H21N5OS. The lowest BCUT2D eigenvalue weighted by Gasteiger charge is -2.10. The van der Waals surface area contributed by atoms with E-state index in [9.17, 15) is 4.79 Å². The van der Waals surface area contributed by atoms with Crippen LogP contribution in [-0.2, 0) is 0 Å². The van der Waals surface area contributed by atoms with Gasteiger partial charge in [0.25, 0.3) is 5.91 Å². The number of benzene rings is 3. The molecule has 178 valence electrons. The second-order valence-corrected chi connectivity index (χ2v) is 9.46. The lowest BCUT2D eigenvalue weighted by Crippen LogP contribution is -2.13. The maximum Gasteiger partial charge on any atom is 0.257 e. The topological polar surface area (TPSA) is 83.6 Å². The number of carbonyl (C=O) groups excluding carboxylic acids is 1. The second-order valence-electron chi connectivity index (χ2n) is 8.35. The average Bonchev–Trinajstić information content (AvgIpc) is 3.35. The van der Waals surface area contributed by atoms with Crippen molar-refractivity contribution in [3.05, 3.63) is 120 Å². The number of aromatic nitrogens is 4. The van der Waals surface area contributed by atoms with E-state index in [4.69, 9.17) is 0 Å². The molecule has 0 atom stereocenters. The first-order chi connectivity index (χ1) is 18.2. The van der Waals surface area contributed by atoms with Crippen molar-refractivity contribution in [1.82, 2.24) is 20.2 Å². The fourth-order valence-electron chi connectivity index (χ4n) is 4.04. The maximum atomic E-state index is 13.2. The molecule has 0 aliphatic heterocycles. The Hall–Kier alpha value is -4.75. The van der Waals surface area contributed by atoms with E-state index in [1.807, 2.05) is 109 Å². The first-order valence-corrected chi connectivity index (χ1v) is 12.6. The van der Waals surface area contributed by atoms with Crippen molar-refractivity contribution in [3.8, 4) is 0 Å². The monoisotopic (exact) mass is 499 g/mol. The molecule has 6 aromatic rings. The van der Waals surface area contributed by atoms with Gasteiger partial charge in [-0.15, -0.1) is 0 Å². The van der Waals surface area contributed by atoms with Crippen LogP contribution in [0.2, 0.25) is 0 Å². The Morgan fingerprint density at radius 1 is 0.865 bits per heavy atom. The number of para-hydroxylation sites is 1. The molecule has 3 aromatic carbocycles. The summed E-state index contributed by atoms with van der Waals surface area (Å²) in [5, 5.41) is 12.6. The van der Waals surface area contributed by atoms with E-state index in [0.29, 0.717) is 11.4 Å². The van der Waals surface area contributed by atoms with Crippen LogP contribution in [0.25, 0.3) is 34.0 Å². The molecule has 0 bridgehead atoms. The number of pyridine rings is 2. The zero-order valence-corrected chi connectivity index (χ0v) is 20.4. The molecule has 3 aromatic heterocycles. The minimum Gasteiger partial charge on any atom is -0.307 e. The van der Waals surface area contributed by atoms with Gasteiger partial charge < -0.3 is 5.32 Å². The Balaban J connectivity index is 1.22. The van der Waals surface area contributed by atoms with E-state index in [0.717, 1.165) is 43.0 Å². The number of carbonyl (C=O) groups is 1. The van der Waals surface area contributed by atoms with Gasteiger partial charge in [-0.1, -0.05) is 48.2 Å². The standard InChI is InChI=1S/C30H21N5OS/c36-30(33-29-17-12-20-7-1-3-10-25(20)32-29)24-9-2-4-11-28(24)37-22-14-15-23-26(34-35-27(23)19-22)16-13-21-8-5-6-18-31-21/h1-19H,(H,34,35)(H,32,33,36)/b16-13+. The number of anilines is 1. The maximum absolute atomic E-state index is 13.2. The molecule has 0 spiro atoms. The summed E-state index contributed by atoms with van der Waals surface area (Å²) < 4.78 is 0. The summed E-state index contributed by atoms with van der Waals surface area (Å²) in [6.45, 7) is 0. The molecule has 6 rings (SSSR count). The summed E-state index contributed by atoms with van der Waals surface area (Å²) in [6.07, 6.45) is 5.66. The van der Waals surface area contributed by atoms with Crippen molar-refractivity contribution >= 4 is 57.4 Å². The number of nitrogens with zero attached hydrogens (tertiary/aromatic N) is 3. The third-order valence-corrected chi connectivity index (χ3v) is 6.93. The van der Waals surface area contributed by atoms with Crippen LogP contribution in [0.1, 0.15) is 21.7 Å². The van der Waals surface area contributed by atoms with Crippen molar-refractivity contribution in [2.75, 3.05) is 5.32 Å². The Labute approximate surface area is 217 Å². The van der Waals surface area contributed by atoms with Crippen LogP contribution >= 0.6 is 11.8 Å². The Morgan fingerprint density at radius 3 is 2.65 bits per heavy atom. The predicted octanol–water partition coefficient (Wildman–Crippen LogP) is 7.08. The van der Waals surface area contributed by atoms with E-state index in [-0.39, 0.29) is 5.91 Å². The predicted molar refractivity (Wildman–Crippen MR) is 150 cm³/mol. The van der Waals surface area contributed by atoms with Gasteiger partial charge in [-0.3, -0.25) is 14.9 Å². The molecular weight excluding hydrogens is 478 g/mol. The highest BCUT2D eigenvalue weighted by Gasteiger charge is 2.14. The van der Waals surface area contributed by atoms with Crippen LogP contribution in [0.5, 0.6) is 0 Å². The third kappa shape index (κ3) is 4.98. The zero-order chi connectivity index (χ0) is 25.0. The lowest BCUT2D eigenvalue weighted by atomic mass is 10.2. The first-order valence-electron chi connectivity index (χ1n) is 11.7. The smallest absolute Gasteiger partial charge is 0.257 e. The van der Waals surface area contributed by atoms with Gasteiger partial charge in [0.2, 0.25) is 0 Å². The van der Waals surface area contributed by atoms with Crippen LogP contribution in [0, 0.1) is 0 Å². The number of hydrogen-bond acceptors (Lipinski definition) is 5. The molecule has 0 unspecified atom stereocenters. The molecule has 2 N–H and O–H groups in total. The molecule has 0 aliphatic carbocycles. The largest absolute Gasteiger partial charge is 0.307 e. The minimum atomic E-state index is -0.199. The molecule has 0 saturated heterocycles. The fourth-order valence-corrected chi connectivity index (χ4v) is 5.02. The van der Waals surface area contributed by atoms with Gasteiger partial charge in [0.05, 0.1) is 28.0 Å². The number of H-pyrrole nitrogens is 1. The van der Waals surface area contributed by atoms with Crippen molar-refractivity contribution in [3.63, 3.8) is 0 Å². The molecule has 6 nitrogen and oxygen atoms in total. The van der Waals surface area contributed by atoms with Crippen LogP contribution < -0.4 is 5.32 Å². The van der Waals surface area contributed by atoms with Crippen molar-refractivity contribution in [1.29, 1.82) is 0 Å². The average molecular weight is 500 g/mol. The summed E-state index contributed by atoms with van der Waals surface area (Å²) in [5.74, 6) is 0.323. The Morgan fingerprint density at radius 2 is 1.73 bits per heavy atom. The second kappa shape index (κ2) is 10.1. The van der Waals surface area contributed by atoms with Crippen molar-refractivity contribution in [2.45, 2.75) is 9.79 Å². The van der Waals surface area contributed by atoms with Crippen molar-refractivity contribution < 1.29 is 4.79 Å². The molecule has 37 heavy (non-hydrogen) atoms. The number of nitrogens with one attached hydrogen (secondary N) is 2. The van der Waals surface area contributed by atoms with Crippen LogP contribution in [0.15, 0.2) is 113 Å². The number of fused-ring (bicyclic) bond motifs is 2. The number of amides is 1. The van der Waals surface area contributed by atoms with E-state index in [2.05, 4.69) is 25.5 Å². The third-order valence-electron chi connectivity index (χ3n) is 5.86. The van der Waals surface area contributed by atoms with E-state index < -0.39 is 0 Å². The number of hydrogen-bond donors (Lipinski definition) is 2. The van der Waals surface area contributed by atoms with Gasteiger partial charge in [-0.25, -0.2) is 4.98 Å². The summed E-state index contributed by atoms with van der Waals surface area (Å²) in [5.41, 5.74) is 4.07. The van der Waals surface area contributed by atoms with Gasteiger partial charge in [0, 0.05) is 26.8 Å². The fraction of sp³-hybridized carbons (Fsp3) is 0. The highest BCUT2D eigenvalue weighted by Crippen LogP contribution is 2.33. The van der Waals surface area contributed by atoms with Gasteiger partial charge in [0.1, 0.15) is 5.82 Å². The number of aromatic amines is 1. The summed E-state index contributed by atoms with van der Waals surface area (Å²) in [4.78, 5) is 23.9. The first kappa shape index (κ1) is 22.7. The van der Waals surface area contributed by atoms with Crippen LogP contribution in [0.3, 0.4) is 0 Å². The number of rotatable bonds is 6. The van der Waals surface area contributed by atoms with Gasteiger partial charge in [0.15, 0.2) is 0 Å². The van der Waals surface area contributed by atoms with Gasteiger partial charge in [-0.05, 0) is 72.8 Å². The van der Waals surface area contributed by atoms with E-state index in [1.54, 1.807) is 6.20 Å². The molecule has 0 saturated carbocycles. The normalized spacial score (nSPS) is 11.4. The Kier molecular flexibility index (Phi) is 6.19. The molecule has 3 heterocycles. The minimum absolute atomic E-state index is 0.199. The SMILES string of the molecule is O=C(Nc1ccc2ccccc2n1)c1ccccc1Sc1ccc2c(/C=C/c3ccccn3)n[nH]c2c1. The zero-order valence-electron chi connectivity index (χ0n) is 19.6. The van der Waals surface area contributed by atoms with E-state index in [1.165, 1.54) is 11.8 Å². The summed E-state index contributed by atoms with van der Waals surface area (Å²) in [7, 11) is 0. The summed E-state index contributed by atoms with van der Waals surface area (Å²) in [6, 6.07) is 31.1. The van der Waals surface area contributed by atoms with Crippen LogP contribution in [-0.4, -0.2) is 26.1 Å². The highest BCUT2D eigenvalue weighted by atomic mass is 32.2. The van der Waals surface area contributed by atoms with Gasteiger partial charge in [-0.2, -0.15) is 5.10 Å². The van der Waals surface area contributed by atoms with Gasteiger partial charge >= 0.3 is 0 Å². The lowest BCUT2D eigenvalue weighted by molar-refractivity contribution is 0.102. The highest BCUT2D eigenvalue weighted by molar-refractivity contribution is 7.99. The van der Waals surface area contributed by atoms with Crippen LogP contribution in [0.4, 0.5) is 5.82 Å². The molecule has 0 aliphatic rings. The molecule has 0 radical (unpaired) electrons. The summed E-state index contributed by atoms with van der Waals surface area (Å²) >= 11 is 1.53. The Bertz CT molecular complexity index is 1760. The van der Waals surface area contributed by atoms with Crippen molar-refractivity contribution in [2.24, 2.45) is 0 Å². The quantitative estimate of drug-likeness (QED) is 0.256. The van der Waals surface area contributed by atoms with E-state index >= 15 is 0 Å². The molecule has 0 fully saturated rings. The molecule has 1 amide bonds. The molecule has 7 heteroatoms.